The van der Waals surface area contributed by atoms with Crippen LogP contribution in [-0.4, -0.2) is 4.98 Å². The monoisotopic (exact) mass is 150 g/mol. The van der Waals surface area contributed by atoms with Crippen LogP contribution in [0.4, 0.5) is 5.69 Å². The van der Waals surface area contributed by atoms with E-state index in [-0.39, 0.29) is 0 Å². The first-order valence-electron chi connectivity index (χ1n) is 3.95. The Kier molecular flexibility index (Phi) is 2.47. The van der Waals surface area contributed by atoms with Crippen molar-refractivity contribution in [1.82, 2.24) is 4.98 Å². The first-order chi connectivity index (χ1) is 5.24. The van der Waals surface area contributed by atoms with Crippen molar-refractivity contribution in [2.75, 3.05) is 5.73 Å². The largest absolute Gasteiger partial charge is 0.397 e. The topological polar surface area (TPSA) is 38.9 Å². The first-order valence-corrected chi connectivity index (χ1v) is 3.95. The first kappa shape index (κ1) is 8.05. The van der Waals surface area contributed by atoms with Crippen molar-refractivity contribution in [2.24, 2.45) is 0 Å². The summed E-state index contributed by atoms with van der Waals surface area (Å²) in [6.07, 6.45) is 3.92. The molecule has 1 aromatic rings. The molecule has 1 heterocycles. The summed E-state index contributed by atoms with van der Waals surface area (Å²) in [4.78, 5) is 4.17. The predicted octanol–water partition coefficient (Wildman–Crippen LogP) is 1.92. The molecule has 0 amide bonds. The molecule has 0 bridgehead atoms. The zero-order valence-electron chi connectivity index (χ0n) is 7.09. The molecule has 60 valence electrons. The molecule has 0 saturated carbocycles. The molecule has 0 aromatic carbocycles. The van der Waals surface area contributed by atoms with Crippen LogP contribution in [0.25, 0.3) is 0 Å². The number of nitrogens with zero attached hydrogens (tertiary/aromatic N) is 1. The highest BCUT2D eigenvalue weighted by molar-refractivity contribution is 5.39. The lowest BCUT2D eigenvalue weighted by atomic mass is 10.1. The van der Waals surface area contributed by atoms with Crippen LogP contribution in [-0.2, 0) is 6.42 Å². The minimum absolute atomic E-state index is 0.763. The van der Waals surface area contributed by atoms with Crippen LogP contribution in [0.3, 0.4) is 0 Å². The van der Waals surface area contributed by atoms with Crippen LogP contribution in [0, 0.1) is 6.92 Å². The number of anilines is 1. The number of aryl methyl sites for hydroxylation is 2. The maximum absolute atomic E-state index is 5.60. The fourth-order valence-corrected chi connectivity index (χ4v) is 1.12. The second-order valence-corrected chi connectivity index (χ2v) is 2.76. The van der Waals surface area contributed by atoms with Gasteiger partial charge in [0.15, 0.2) is 0 Å². The zero-order valence-corrected chi connectivity index (χ0v) is 7.09. The van der Waals surface area contributed by atoms with E-state index >= 15 is 0 Å². The van der Waals surface area contributed by atoms with Crippen molar-refractivity contribution < 1.29 is 0 Å². The number of nitrogen functional groups attached to an aromatic ring is 1. The summed E-state index contributed by atoms with van der Waals surface area (Å²) < 4.78 is 0. The van der Waals surface area contributed by atoms with E-state index in [0.717, 1.165) is 24.2 Å². The Bertz CT molecular complexity index is 243. The minimum Gasteiger partial charge on any atom is -0.397 e. The van der Waals surface area contributed by atoms with Gasteiger partial charge in [-0.3, -0.25) is 4.98 Å². The summed E-state index contributed by atoms with van der Waals surface area (Å²) in [5.41, 5.74) is 8.73. The number of nitrogens with two attached hydrogens (primary N) is 1. The van der Waals surface area contributed by atoms with Gasteiger partial charge < -0.3 is 5.73 Å². The average Bonchev–Trinajstić information content (AvgIpc) is 1.98. The minimum atomic E-state index is 0.763. The molecule has 2 nitrogen and oxygen atoms in total. The lowest BCUT2D eigenvalue weighted by Crippen LogP contribution is -1.95. The normalized spacial score (nSPS) is 10.0. The predicted molar refractivity (Wildman–Crippen MR) is 47.4 cm³/mol. The summed E-state index contributed by atoms with van der Waals surface area (Å²) in [5, 5.41) is 0. The van der Waals surface area contributed by atoms with Gasteiger partial charge in [-0.05, 0) is 25.0 Å². The average molecular weight is 150 g/mol. The number of rotatable bonds is 2. The van der Waals surface area contributed by atoms with Gasteiger partial charge >= 0.3 is 0 Å². The van der Waals surface area contributed by atoms with Gasteiger partial charge in [0.1, 0.15) is 0 Å². The number of pyridine rings is 1. The molecule has 0 fully saturated rings. The van der Waals surface area contributed by atoms with Crippen LogP contribution in [0.15, 0.2) is 12.3 Å². The van der Waals surface area contributed by atoms with Crippen molar-refractivity contribution in [1.29, 1.82) is 0 Å². The van der Waals surface area contributed by atoms with Gasteiger partial charge in [-0.15, -0.1) is 0 Å². The van der Waals surface area contributed by atoms with E-state index in [4.69, 9.17) is 5.73 Å². The van der Waals surface area contributed by atoms with Crippen LogP contribution in [0.5, 0.6) is 0 Å². The molecule has 0 unspecified atom stereocenters. The summed E-state index contributed by atoms with van der Waals surface area (Å²) >= 11 is 0. The molecule has 0 spiro atoms. The molecule has 2 N–H and O–H groups in total. The van der Waals surface area contributed by atoms with E-state index < -0.39 is 0 Å². The smallest absolute Gasteiger partial charge is 0.0503 e. The maximum Gasteiger partial charge on any atom is 0.0503 e. The van der Waals surface area contributed by atoms with Gasteiger partial charge in [-0.2, -0.15) is 0 Å². The van der Waals surface area contributed by atoms with E-state index in [2.05, 4.69) is 11.9 Å². The SMILES string of the molecule is CCCc1cc(N)cnc1C. The van der Waals surface area contributed by atoms with E-state index in [1.165, 1.54) is 5.56 Å². The molecule has 1 rings (SSSR count). The number of hydrogen-bond acceptors (Lipinski definition) is 2. The fraction of sp³-hybridized carbons (Fsp3) is 0.444. The van der Waals surface area contributed by atoms with Crippen molar-refractivity contribution >= 4 is 5.69 Å². The molecule has 2 heteroatoms. The highest BCUT2D eigenvalue weighted by Crippen LogP contribution is 2.10. The van der Waals surface area contributed by atoms with Gasteiger partial charge in [-0.1, -0.05) is 13.3 Å². The number of aromatic nitrogens is 1. The molecule has 0 aliphatic carbocycles. The fourth-order valence-electron chi connectivity index (χ4n) is 1.12. The lowest BCUT2D eigenvalue weighted by molar-refractivity contribution is 0.899. The molecular formula is C9H14N2. The van der Waals surface area contributed by atoms with Crippen LogP contribution >= 0.6 is 0 Å². The molecule has 11 heavy (non-hydrogen) atoms. The summed E-state index contributed by atoms with van der Waals surface area (Å²) in [6, 6.07) is 2.01. The summed E-state index contributed by atoms with van der Waals surface area (Å²) in [5.74, 6) is 0. The van der Waals surface area contributed by atoms with Gasteiger partial charge in [0, 0.05) is 5.69 Å². The van der Waals surface area contributed by atoms with Crippen molar-refractivity contribution in [3.05, 3.63) is 23.5 Å². The van der Waals surface area contributed by atoms with Gasteiger partial charge in [0.25, 0.3) is 0 Å². The Labute approximate surface area is 67.5 Å². The Morgan fingerprint density at radius 2 is 2.27 bits per heavy atom. The highest BCUT2D eigenvalue weighted by atomic mass is 14.7. The molecule has 0 saturated heterocycles. The number of hydrogen-bond donors (Lipinski definition) is 1. The molecule has 0 atom stereocenters. The van der Waals surface area contributed by atoms with Crippen LogP contribution < -0.4 is 5.73 Å². The van der Waals surface area contributed by atoms with Crippen LogP contribution in [0.2, 0.25) is 0 Å². The second kappa shape index (κ2) is 3.37. The van der Waals surface area contributed by atoms with E-state index in [1.807, 2.05) is 13.0 Å². The zero-order chi connectivity index (χ0) is 8.27. The maximum atomic E-state index is 5.60. The third kappa shape index (κ3) is 1.93. The van der Waals surface area contributed by atoms with E-state index in [1.54, 1.807) is 6.20 Å². The third-order valence-corrected chi connectivity index (χ3v) is 1.73. The standard InChI is InChI=1S/C9H14N2/c1-3-4-8-5-9(10)6-11-7(8)2/h5-6H,3-4,10H2,1-2H3. The van der Waals surface area contributed by atoms with Crippen LogP contribution in [0.1, 0.15) is 24.6 Å². The van der Waals surface area contributed by atoms with Crippen molar-refractivity contribution in [3.8, 4) is 0 Å². The van der Waals surface area contributed by atoms with Gasteiger partial charge in [-0.25, -0.2) is 0 Å². The van der Waals surface area contributed by atoms with Crippen molar-refractivity contribution in [3.63, 3.8) is 0 Å². The molecular weight excluding hydrogens is 136 g/mol. The lowest BCUT2D eigenvalue weighted by Gasteiger charge is -2.03. The van der Waals surface area contributed by atoms with Crippen molar-refractivity contribution in [2.45, 2.75) is 26.7 Å². The summed E-state index contributed by atoms with van der Waals surface area (Å²) in [7, 11) is 0. The third-order valence-electron chi connectivity index (χ3n) is 1.73. The van der Waals surface area contributed by atoms with E-state index in [0.29, 0.717) is 0 Å². The summed E-state index contributed by atoms with van der Waals surface area (Å²) in [6.45, 7) is 4.17. The Balaban J connectivity index is 2.93. The molecule has 0 aliphatic rings. The van der Waals surface area contributed by atoms with Gasteiger partial charge in [0.05, 0.1) is 11.9 Å². The molecule has 0 radical (unpaired) electrons. The Hall–Kier alpha value is -1.05. The molecule has 1 aromatic heterocycles. The Morgan fingerprint density at radius 3 is 2.91 bits per heavy atom. The van der Waals surface area contributed by atoms with E-state index in [9.17, 15) is 0 Å². The Morgan fingerprint density at radius 1 is 1.55 bits per heavy atom. The second-order valence-electron chi connectivity index (χ2n) is 2.76. The van der Waals surface area contributed by atoms with Gasteiger partial charge in [0.2, 0.25) is 0 Å². The quantitative estimate of drug-likeness (QED) is 0.699. The molecule has 0 aliphatic heterocycles. The highest BCUT2D eigenvalue weighted by Gasteiger charge is 1.97.